The Bertz CT molecular complexity index is 978. The van der Waals surface area contributed by atoms with Crippen molar-refractivity contribution < 1.29 is 18.8 Å². The van der Waals surface area contributed by atoms with Gasteiger partial charge in [-0.25, -0.2) is 4.90 Å². The van der Waals surface area contributed by atoms with E-state index in [4.69, 9.17) is 4.42 Å². The number of hydrogen-bond donors (Lipinski definition) is 1. The van der Waals surface area contributed by atoms with Crippen LogP contribution in [0, 0.1) is 0 Å². The fourth-order valence-corrected chi connectivity index (χ4v) is 2.79. The summed E-state index contributed by atoms with van der Waals surface area (Å²) in [5, 5.41) is 2.64. The summed E-state index contributed by atoms with van der Waals surface area (Å²) in [6.45, 7) is 0. The smallest absolute Gasteiger partial charge is 0.291 e. The van der Waals surface area contributed by atoms with Gasteiger partial charge >= 0.3 is 0 Å². The molecule has 0 aliphatic carbocycles. The number of fused-ring (bicyclic) bond motifs is 1. The summed E-state index contributed by atoms with van der Waals surface area (Å²) in [5.41, 5.74) is 1.19. The van der Waals surface area contributed by atoms with Gasteiger partial charge < -0.3 is 9.73 Å². The van der Waals surface area contributed by atoms with Gasteiger partial charge in [-0.3, -0.25) is 14.4 Å². The van der Waals surface area contributed by atoms with E-state index in [1.807, 2.05) is 0 Å². The Morgan fingerprint density at radius 2 is 1.68 bits per heavy atom. The van der Waals surface area contributed by atoms with Crippen molar-refractivity contribution in [3.05, 3.63) is 83.8 Å². The predicted octanol–water partition coefficient (Wildman–Crippen LogP) is 3.33. The average Bonchev–Trinajstić information content (AvgIpc) is 3.24. The van der Waals surface area contributed by atoms with Crippen molar-refractivity contribution in [2.75, 3.05) is 10.2 Å². The van der Waals surface area contributed by atoms with Crippen molar-refractivity contribution in [2.24, 2.45) is 0 Å². The number of benzene rings is 2. The number of carbonyl (C=O) groups is 3. The van der Waals surface area contributed by atoms with E-state index in [9.17, 15) is 14.4 Å². The summed E-state index contributed by atoms with van der Waals surface area (Å²) in [6.07, 6.45) is 1.39. The van der Waals surface area contributed by atoms with Crippen molar-refractivity contribution in [1.29, 1.82) is 0 Å². The molecule has 0 atom stereocenters. The highest BCUT2D eigenvalue weighted by Crippen LogP contribution is 2.32. The fraction of sp³-hybridized carbons (Fsp3) is 0. The van der Waals surface area contributed by atoms with Crippen LogP contribution in [0.2, 0.25) is 0 Å². The molecule has 0 radical (unpaired) electrons. The number of para-hydroxylation sites is 1. The highest BCUT2D eigenvalue weighted by molar-refractivity contribution is 6.36. The molecule has 1 aliphatic heterocycles. The molecule has 122 valence electrons. The minimum atomic E-state index is -0.489. The molecule has 2 aromatic carbocycles. The topological polar surface area (TPSA) is 79.6 Å². The number of amides is 3. The molecule has 3 amide bonds. The second-order valence-electron chi connectivity index (χ2n) is 5.44. The lowest BCUT2D eigenvalue weighted by molar-refractivity contribution is 0.0926. The number of nitrogens with one attached hydrogen (secondary N) is 1. The van der Waals surface area contributed by atoms with Crippen LogP contribution in [-0.4, -0.2) is 17.7 Å². The molecule has 2 heterocycles. The largest absolute Gasteiger partial charge is 0.459 e. The normalized spacial score (nSPS) is 13.0. The summed E-state index contributed by atoms with van der Waals surface area (Å²) in [4.78, 5) is 38.8. The van der Waals surface area contributed by atoms with Crippen molar-refractivity contribution in [3.63, 3.8) is 0 Å². The van der Waals surface area contributed by atoms with Gasteiger partial charge in [0.15, 0.2) is 5.76 Å². The van der Waals surface area contributed by atoms with E-state index in [2.05, 4.69) is 5.32 Å². The predicted molar refractivity (Wildman–Crippen MR) is 90.7 cm³/mol. The second-order valence-corrected chi connectivity index (χ2v) is 5.44. The monoisotopic (exact) mass is 332 g/mol. The number of furan rings is 1. The van der Waals surface area contributed by atoms with Gasteiger partial charge in [0.05, 0.1) is 28.8 Å². The lowest BCUT2D eigenvalue weighted by atomic mass is 10.1. The van der Waals surface area contributed by atoms with Gasteiger partial charge in [0, 0.05) is 0 Å². The summed E-state index contributed by atoms with van der Waals surface area (Å²) in [5.74, 6) is -1.26. The van der Waals surface area contributed by atoms with Gasteiger partial charge in [-0.15, -0.1) is 0 Å². The van der Waals surface area contributed by atoms with E-state index >= 15 is 0 Å². The molecule has 4 rings (SSSR count). The molecule has 0 fully saturated rings. The zero-order chi connectivity index (χ0) is 17.4. The van der Waals surface area contributed by atoms with Crippen molar-refractivity contribution >= 4 is 29.1 Å². The van der Waals surface area contributed by atoms with Gasteiger partial charge in [0.25, 0.3) is 17.7 Å². The van der Waals surface area contributed by atoms with E-state index in [1.54, 1.807) is 54.6 Å². The Labute approximate surface area is 142 Å². The first-order valence-corrected chi connectivity index (χ1v) is 7.58. The Balaban J connectivity index is 1.73. The number of hydrogen-bond acceptors (Lipinski definition) is 4. The quantitative estimate of drug-likeness (QED) is 0.746. The minimum absolute atomic E-state index is 0.120. The molecule has 25 heavy (non-hydrogen) atoms. The minimum Gasteiger partial charge on any atom is -0.459 e. The first-order chi connectivity index (χ1) is 12.2. The Morgan fingerprint density at radius 3 is 2.40 bits per heavy atom. The van der Waals surface area contributed by atoms with E-state index in [0.29, 0.717) is 5.69 Å². The average molecular weight is 332 g/mol. The second kappa shape index (κ2) is 5.76. The molecule has 1 N–H and O–H groups in total. The van der Waals surface area contributed by atoms with E-state index < -0.39 is 17.7 Å². The van der Waals surface area contributed by atoms with Crippen LogP contribution in [0.4, 0.5) is 11.4 Å². The first-order valence-electron chi connectivity index (χ1n) is 7.58. The highest BCUT2D eigenvalue weighted by Gasteiger charge is 2.38. The highest BCUT2D eigenvalue weighted by atomic mass is 16.3. The van der Waals surface area contributed by atoms with E-state index in [-0.39, 0.29) is 22.6 Å². The lowest BCUT2D eigenvalue weighted by Gasteiger charge is -2.13. The fourth-order valence-electron chi connectivity index (χ4n) is 2.79. The summed E-state index contributed by atoms with van der Waals surface area (Å²) in [7, 11) is 0. The first kappa shape index (κ1) is 14.9. The van der Waals surface area contributed by atoms with Crippen molar-refractivity contribution in [3.8, 4) is 0 Å². The Kier molecular flexibility index (Phi) is 3.43. The maximum Gasteiger partial charge on any atom is 0.291 e. The third-order valence-electron chi connectivity index (χ3n) is 3.92. The molecule has 0 unspecified atom stereocenters. The zero-order valence-corrected chi connectivity index (χ0v) is 12.9. The third kappa shape index (κ3) is 2.40. The molecular formula is C19H12N2O4. The molecule has 3 aromatic rings. The van der Waals surface area contributed by atoms with Gasteiger partial charge in [0.2, 0.25) is 0 Å². The van der Waals surface area contributed by atoms with Crippen LogP contribution >= 0.6 is 0 Å². The summed E-state index contributed by atoms with van der Waals surface area (Å²) >= 11 is 0. The van der Waals surface area contributed by atoms with Crippen LogP contribution in [0.5, 0.6) is 0 Å². The lowest BCUT2D eigenvalue weighted by Crippen LogP contribution is -2.29. The molecule has 1 aromatic heterocycles. The van der Waals surface area contributed by atoms with Crippen LogP contribution in [0.15, 0.2) is 71.3 Å². The van der Waals surface area contributed by atoms with E-state index in [0.717, 1.165) is 4.90 Å². The van der Waals surface area contributed by atoms with Gasteiger partial charge in [0.1, 0.15) is 0 Å². The zero-order valence-electron chi connectivity index (χ0n) is 12.9. The summed E-state index contributed by atoms with van der Waals surface area (Å²) < 4.78 is 5.05. The molecule has 6 heteroatoms. The molecule has 0 saturated carbocycles. The molecular weight excluding hydrogens is 320 g/mol. The van der Waals surface area contributed by atoms with Gasteiger partial charge in [-0.05, 0) is 36.4 Å². The van der Waals surface area contributed by atoms with E-state index in [1.165, 1.54) is 12.3 Å². The van der Waals surface area contributed by atoms with Crippen LogP contribution in [-0.2, 0) is 0 Å². The Morgan fingerprint density at radius 1 is 0.880 bits per heavy atom. The Hall–Kier alpha value is -3.67. The van der Waals surface area contributed by atoms with Gasteiger partial charge in [-0.1, -0.05) is 24.3 Å². The molecule has 0 spiro atoms. The van der Waals surface area contributed by atoms with Crippen LogP contribution in [0.3, 0.4) is 0 Å². The maximum atomic E-state index is 12.8. The van der Waals surface area contributed by atoms with Crippen LogP contribution in [0.25, 0.3) is 0 Å². The van der Waals surface area contributed by atoms with Crippen molar-refractivity contribution in [1.82, 2.24) is 0 Å². The molecule has 0 bridgehead atoms. The van der Waals surface area contributed by atoms with Gasteiger partial charge in [-0.2, -0.15) is 0 Å². The van der Waals surface area contributed by atoms with Crippen LogP contribution in [0.1, 0.15) is 31.3 Å². The molecule has 6 nitrogen and oxygen atoms in total. The third-order valence-corrected chi connectivity index (χ3v) is 3.92. The number of carbonyl (C=O) groups excluding carboxylic acids is 3. The SMILES string of the molecule is O=C(Nc1cccc2c1C(=O)N(c1ccccc1)C2=O)c1ccco1. The summed E-state index contributed by atoms with van der Waals surface area (Å²) in [6, 6.07) is 16.5. The number of anilines is 2. The number of imide groups is 1. The standard InChI is InChI=1S/C19H12N2O4/c22-17(15-10-5-11-25-15)20-14-9-4-8-13-16(14)19(24)21(18(13)23)12-6-2-1-3-7-12/h1-11H,(H,20,22). The van der Waals surface area contributed by atoms with Crippen LogP contribution < -0.4 is 10.2 Å². The van der Waals surface area contributed by atoms with Crippen molar-refractivity contribution in [2.45, 2.75) is 0 Å². The number of rotatable bonds is 3. The maximum absolute atomic E-state index is 12.8. The molecule has 1 aliphatic rings. The number of nitrogens with zero attached hydrogens (tertiary/aromatic N) is 1. The molecule has 0 saturated heterocycles.